The summed E-state index contributed by atoms with van der Waals surface area (Å²) >= 11 is 6.80. The predicted octanol–water partition coefficient (Wildman–Crippen LogP) is 4.41. The van der Waals surface area contributed by atoms with Crippen LogP contribution in [0.15, 0.2) is 28.1 Å². The highest BCUT2D eigenvalue weighted by molar-refractivity contribution is 9.10. The van der Waals surface area contributed by atoms with E-state index in [0.29, 0.717) is 0 Å². The lowest BCUT2D eigenvalue weighted by atomic mass is 10.2. The van der Waals surface area contributed by atoms with Crippen LogP contribution in [0.3, 0.4) is 0 Å². The van der Waals surface area contributed by atoms with Gasteiger partial charge in [-0.2, -0.15) is 0 Å². The molecule has 0 spiro atoms. The summed E-state index contributed by atoms with van der Waals surface area (Å²) in [5, 5.41) is 12.1. The number of aliphatic hydroxyl groups excluding tert-OH is 1. The Hall–Kier alpha value is -0.160. The first-order valence-electron chi connectivity index (χ1n) is 5.18. The van der Waals surface area contributed by atoms with Gasteiger partial charge in [-0.1, -0.05) is 6.92 Å². The molecule has 0 aliphatic rings. The lowest BCUT2D eigenvalue weighted by molar-refractivity contribution is 0.183. The van der Waals surface area contributed by atoms with E-state index in [1.165, 1.54) is 9.75 Å². The summed E-state index contributed by atoms with van der Waals surface area (Å²) in [4.78, 5) is 3.67. The lowest BCUT2D eigenvalue weighted by Gasteiger charge is -2.05. The number of hydrogen-bond acceptors (Lipinski definition) is 3. The molecule has 1 N–H and O–H groups in total. The minimum Gasteiger partial charge on any atom is -0.387 e. The van der Waals surface area contributed by atoms with E-state index in [2.05, 4.69) is 35.0 Å². The van der Waals surface area contributed by atoms with E-state index < -0.39 is 0 Å². The zero-order valence-electron chi connectivity index (χ0n) is 8.94. The molecule has 0 bridgehead atoms. The second-order valence-corrected chi connectivity index (χ2v) is 6.72. The molecular formula is C12H13BrOS2. The molecule has 2 aromatic rings. The summed E-state index contributed by atoms with van der Waals surface area (Å²) in [7, 11) is 0. The molecule has 2 rings (SSSR count). The van der Waals surface area contributed by atoms with Crippen LogP contribution in [-0.2, 0) is 12.8 Å². The summed E-state index contributed by atoms with van der Waals surface area (Å²) in [5.41, 5.74) is 0. The summed E-state index contributed by atoms with van der Waals surface area (Å²) in [6.45, 7) is 2.16. The van der Waals surface area contributed by atoms with Gasteiger partial charge in [-0.15, -0.1) is 22.7 Å². The van der Waals surface area contributed by atoms with Gasteiger partial charge in [0.15, 0.2) is 0 Å². The van der Waals surface area contributed by atoms with Crippen molar-refractivity contribution < 1.29 is 5.11 Å². The van der Waals surface area contributed by atoms with Crippen LogP contribution in [0.2, 0.25) is 0 Å². The Morgan fingerprint density at radius 1 is 1.38 bits per heavy atom. The molecule has 1 nitrogen and oxygen atoms in total. The monoisotopic (exact) mass is 316 g/mol. The number of hydrogen-bond donors (Lipinski definition) is 1. The molecule has 16 heavy (non-hydrogen) atoms. The molecule has 0 aromatic carbocycles. The van der Waals surface area contributed by atoms with E-state index >= 15 is 0 Å². The second kappa shape index (κ2) is 5.45. The van der Waals surface area contributed by atoms with Crippen molar-refractivity contribution in [3.05, 3.63) is 42.7 Å². The number of halogens is 1. The van der Waals surface area contributed by atoms with Crippen LogP contribution in [0.4, 0.5) is 0 Å². The molecule has 0 aliphatic heterocycles. The molecule has 0 saturated heterocycles. The SMILES string of the molecule is CCc1ccc(CC(O)c2cc(Br)cs2)s1. The molecular weight excluding hydrogens is 304 g/mol. The first-order valence-corrected chi connectivity index (χ1v) is 7.67. The van der Waals surface area contributed by atoms with Crippen LogP contribution in [0.1, 0.15) is 27.7 Å². The van der Waals surface area contributed by atoms with Crippen molar-refractivity contribution in [3.63, 3.8) is 0 Å². The highest BCUT2D eigenvalue weighted by Crippen LogP contribution is 2.29. The van der Waals surface area contributed by atoms with Crippen molar-refractivity contribution in [2.75, 3.05) is 0 Å². The van der Waals surface area contributed by atoms with Crippen LogP contribution in [-0.4, -0.2) is 5.11 Å². The van der Waals surface area contributed by atoms with Crippen LogP contribution in [0.5, 0.6) is 0 Å². The van der Waals surface area contributed by atoms with Gasteiger partial charge < -0.3 is 5.11 Å². The fourth-order valence-corrected chi connectivity index (χ4v) is 3.94. The Morgan fingerprint density at radius 2 is 2.12 bits per heavy atom. The van der Waals surface area contributed by atoms with E-state index in [1.54, 1.807) is 22.7 Å². The number of rotatable bonds is 4. The number of aliphatic hydroxyl groups is 1. The largest absolute Gasteiger partial charge is 0.387 e. The van der Waals surface area contributed by atoms with Crippen LogP contribution in [0, 0.1) is 0 Å². The summed E-state index contributed by atoms with van der Waals surface area (Å²) in [6, 6.07) is 6.26. The maximum Gasteiger partial charge on any atom is 0.0930 e. The van der Waals surface area contributed by atoms with Gasteiger partial charge in [0.25, 0.3) is 0 Å². The third-order valence-corrected chi connectivity index (χ3v) is 5.42. The molecule has 1 unspecified atom stereocenters. The van der Waals surface area contributed by atoms with Crippen LogP contribution >= 0.6 is 38.6 Å². The Labute approximate surface area is 112 Å². The first kappa shape index (κ1) is 12.3. The maximum absolute atomic E-state index is 10.1. The third-order valence-electron chi connectivity index (χ3n) is 2.38. The standard InChI is InChI=1S/C12H13BrOS2/c1-2-9-3-4-10(16-9)6-11(14)12-5-8(13)7-15-12/h3-5,7,11,14H,2,6H2,1H3. The molecule has 86 valence electrons. The summed E-state index contributed by atoms with van der Waals surface area (Å²) < 4.78 is 1.05. The van der Waals surface area contributed by atoms with Crippen LogP contribution in [0.25, 0.3) is 0 Å². The van der Waals surface area contributed by atoms with E-state index in [0.717, 1.165) is 22.2 Å². The molecule has 1 atom stereocenters. The Balaban J connectivity index is 2.04. The predicted molar refractivity (Wildman–Crippen MR) is 74.4 cm³/mol. The molecule has 0 saturated carbocycles. The maximum atomic E-state index is 10.1. The second-order valence-electron chi connectivity index (χ2n) is 3.61. The highest BCUT2D eigenvalue weighted by atomic mass is 79.9. The molecule has 4 heteroatoms. The Morgan fingerprint density at radius 3 is 2.69 bits per heavy atom. The van der Waals surface area contributed by atoms with Gasteiger partial charge in [-0.3, -0.25) is 0 Å². The van der Waals surface area contributed by atoms with Crippen molar-refractivity contribution in [2.45, 2.75) is 25.9 Å². The smallest absolute Gasteiger partial charge is 0.0930 e. The molecule has 2 heterocycles. The van der Waals surface area contributed by atoms with Gasteiger partial charge in [0.05, 0.1) is 6.10 Å². The number of thiophene rings is 2. The zero-order chi connectivity index (χ0) is 11.5. The van der Waals surface area contributed by atoms with Crippen LogP contribution < -0.4 is 0 Å². The van der Waals surface area contributed by atoms with E-state index in [9.17, 15) is 5.11 Å². The number of aryl methyl sites for hydroxylation is 1. The zero-order valence-corrected chi connectivity index (χ0v) is 12.2. The van der Waals surface area contributed by atoms with Crippen molar-refractivity contribution in [1.29, 1.82) is 0 Å². The topological polar surface area (TPSA) is 20.2 Å². The van der Waals surface area contributed by atoms with E-state index in [-0.39, 0.29) is 6.10 Å². The molecule has 0 amide bonds. The molecule has 0 aliphatic carbocycles. The van der Waals surface area contributed by atoms with Gasteiger partial charge in [0.1, 0.15) is 0 Å². The van der Waals surface area contributed by atoms with E-state index in [4.69, 9.17) is 0 Å². The van der Waals surface area contributed by atoms with Gasteiger partial charge in [0.2, 0.25) is 0 Å². The normalized spacial score (nSPS) is 12.9. The Bertz CT molecular complexity index is 461. The van der Waals surface area contributed by atoms with Gasteiger partial charge in [0, 0.05) is 30.9 Å². The average Bonchev–Trinajstić information content (AvgIpc) is 2.87. The van der Waals surface area contributed by atoms with Gasteiger partial charge in [-0.25, -0.2) is 0 Å². The van der Waals surface area contributed by atoms with Gasteiger partial charge >= 0.3 is 0 Å². The minimum absolute atomic E-state index is 0.375. The van der Waals surface area contributed by atoms with Crippen molar-refractivity contribution >= 4 is 38.6 Å². The highest BCUT2D eigenvalue weighted by Gasteiger charge is 2.12. The summed E-state index contributed by atoms with van der Waals surface area (Å²) in [5.74, 6) is 0. The van der Waals surface area contributed by atoms with Crippen molar-refractivity contribution in [1.82, 2.24) is 0 Å². The molecule has 0 fully saturated rings. The van der Waals surface area contributed by atoms with Gasteiger partial charge in [-0.05, 0) is 40.5 Å². The Kier molecular flexibility index (Phi) is 4.19. The average molecular weight is 317 g/mol. The lowest BCUT2D eigenvalue weighted by Crippen LogP contribution is -1.97. The van der Waals surface area contributed by atoms with E-state index in [1.807, 2.05) is 11.4 Å². The van der Waals surface area contributed by atoms with Crippen molar-refractivity contribution in [2.24, 2.45) is 0 Å². The molecule has 2 aromatic heterocycles. The third kappa shape index (κ3) is 2.94. The van der Waals surface area contributed by atoms with Crippen molar-refractivity contribution in [3.8, 4) is 0 Å². The fourth-order valence-electron chi connectivity index (χ4n) is 1.52. The quantitative estimate of drug-likeness (QED) is 0.885. The molecule has 0 radical (unpaired) electrons. The fraction of sp³-hybridized carbons (Fsp3) is 0.333. The minimum atomic E-state index is -0.375. The first-order chi connectivity index (χ1) is 7.69. The summed E-state index contributed by atoms with van der Waals surface area (Å²) in [6.07, 6.45) is 1.42.